The third-order valence-corrected chi connectivity index (χ3v) is 6.72. The minimum Gasteiger partial charge on any atom is -0.497 e. The number of anilines is 1. The second-order valence-corrected chi connectivity index (χ2v) is 9.77. The van der Waals surface area contributed by atoms with Crippen LogP contribution < -0.4 is 21.5 Å². The molecule has 36 heavy (non-hydrogen) atoms. The molecule has 0 aliphatic carbocycles. The summed E-state index contributed by atoms with van der Waals surface area (Å²) in [5.74, 6) is -0.326. The summed E-state index contributed by atoms with van der Waals surface area (Å²) in [6, 6.07) is 9.37. The molecule has 10 nitrogen and oxygen atoms in total. The van der Waals surface area contributed by atoms with Crippen LogP contribution in [0.5, 0.6) is 5.75 Å². The molecule has 0 saturated carbocycles. The molecule has 11 heteroatoms. The number of aryl methyl sites for hydroxylation is 1. The molecule has 0 saturated heterocycles. The third kappa shape index (κ3) is 5.85. The van der Waals surface area contributed by atoms with E-state index in [9.17, 15) is 14.4 Å². The summed E-state index contributed by atoms with van der Waals surface area (Å²) in [4.78, 5) is 40.7. The van der Waals surface area contributed by atoms with Crippen LogP contribution in [0, 0.1) is 6.92 Å². The Bertz CT molecular complexity index is 1250. The molecule has 1 atom stereocenters. The van der Waals surface area contributed by atoms with Gasteiger partial charge in [-0.2, -0.15) is 4.37 Å². The van der Waals surface area contributed by atoms with Gasteiger partial charge in [-0.1, -0.05) is 19.1 Å². The molecular weight excluding hydrogens is 482 g/mol. The maximum absolute atomic E-state index is 13.9. The predicted octanol–water partition coefficient (Wildman–Crippen LogP) is 3.42. The number of rotatable bonds is 10. The van der Waals surface area contributed by atoms with Crippen molar-refractivity contribution in [1.29, 1.82) is 0 Å². The van der Waals surface area contributed by atoms with Crippen molar-refractivity contribution >= 4 is 34.9 Å². The summed E-state index contributed by atoms with van der Waals surface area (Å²) in [7, 11) is 1.56. The Hall–Kier alpha value is -3.86. The van der Waals surface area contributed by atoms with Crippen LogP contribution in [0.15, 0.2) is 40.8 Å². The molecule has 3 rings (SSSR count). The number of nitrogens with one attached hydrogen (secondary N) is 1. The summed E-state index contributed by atoms with van der Waals surface area (Å²) in [6.45, 7) is 7.54. The fourth-order valence-electron chi connectivity index (χ4n) is 3.48. The molecule has 0 radical (unpaired) electrons. The van der Waals surface area contributed by atoms with Gasteiger partial charge in [-0.15, -0.1) is 0 Å². The number of hydrogen-bond donors (Lipinski definition) is 3. The zero-order valence-electron chi connectivity index (χ0n) is 21.0. The highest BCUT2D eigenvalue weighted by Crippen LogP contribution is 2.32. The number of furan rings is 1. The number of nitrogens with zero attached hydrogens (tertiary/aromatic N) is 2. The number of methoxy groups -OCH3 is 1. The number of hydrogen-bond acceptors (Lipinski definition) is 8. The van der Waals surface area contributed by atoms with Crippen LogP contribution in [0.4, 0.5) is 5.69 Å². The van der Waals surface area contributed by atoms with Crippen LogP contribution >= 0.6 is 11.5 Å². The molecule has 0 bridgehead atoms. The van der Waals surface area contributed by atoms with E-state index in [2.05, 4.69) is 9.69 Å². The predicted molar refractivity (Wildman–Crippen MR) is 137 cm³/mol. The highest BCUT2D eigenvalue weighted by atomic mass is 32.1. The highest BCUT2D eigenvalue weighted by molar-refractivity contribution is 7.09. The average molecular weight is 514 g/mol. The van der Waals surface area contributed by atoms with E-state index >= 15 is 0 Å². The van der Waals surface area contributed by atoms with Crippen LogP contribution in [0.25, 0.3) is 0 Å². The van der Waals surface area contributed by atoms with Gasteiger partial charge in [0.2, 0.25) is 0 Å². The smallest absolute Gasteiger partial charge is 0.270 e. The van der Waals surface area contributed by atoms with E-state index in [0.717, 1.165) is 17.1 Å². The molecule has 0 unspecified atom stereocenters. The van der Waals surface area contributed by atoms with Gasteiger partial charge in [0.1, 0.15) is 22.1 Å². The second-order valence-electron chi connectivity index (χ2n) is 9.00. The Labute approximate surface area is 213 Å². The first-order valence-corrected chi connectivity index (χ1v) is 12.1. The molecule has 3 aromatic rings. The van der Waals surface area contributed by atoms with Gasteiger partial charge in [0.25, 0.3) is 17.7 Å². The van der Waals surface area contributed by atoms with Crippen molar-refractivity contribution in [1.82, 2.24) is 14.6 Å². The maximum atomic E-state index is 13.9. The number of carbonyl (C=O) groups is 3. The summed E-state index contributed by atoms with van der Waals surface area (Å²) >= 11 is 0.755. The second kappa shape index (κ2) is 10.8. The molecule has 2 aromatic heterocycles. The van der Waals surface area contributed by atoms with Crippen molar-refractivity contribution in [3.05, 3.63) is 64.1 Å². The van der Waals surface area contributed by atoms with E-state index in [-0.39, 0.29) is 28.6 Å². The first kappa shape index (κ1) is 26.7. The van der Waals surface area contributed by atoms with E-state index < -0.39 is 29.3 Å². The molecule has 1 aromatic carbocycles. The van der Waals surface area contributed by atoms with E-state index in [1.54, 1.807) is 50.4 Å². The van der Waals surface area contributed by atoms with Crippen LogP contribution in [0.3, 0.4) is 0 Å². The number of carbonyl (C=O) groups excluding carboxylic acids is 3. The van der Waals surface area contributed by atoms with Gasteiger partial charge in [0.05, 0.1) is 12.8 Å². The van der Waals surface area contributed by atoms with Crippen molar-refractivity contribution < 1.29 is 23.5 Å². The van der Waals surface area contributed by atoms with Gasteiger partial charge in [-0.25, -0.2) is 0 Å². The number of nitrogen functional groups attached to an aromatic ring is 1. The molecule has 0 aliphatic heterocycles. The number of aromatic nitrogens is 1. The Balaban J connectivity index is 2.13. The summed E-state index contributed by atoms with van der Waals surface area (Å²) < 4.78 is 15.0. The number of ether oxygens (including phenoxy) is 1. The molecule has 0 spiro atoms. The molecule has 192 valence electrons. The molecular formula is C25H31N5O5S. The van der Waals surface area contributed by atoms with E-state index in [4.69, 9.17) is 20.6 Å². The van der Waals surface area contributed by atoms with Crippen molar-refractivity contribution in [2.45, 2.75) is 52.2 Å². The summed E-state index contributed by atoms with van der Waals surface area (Å²) in [5, 5.41) is 3.01. The fraction of sp³-hybridized carbons (Fsp3) is 0.360. The lowest BCUT2D eigenvalue weighted by Crippen LogP contribution is -2.50. The number of benzene rings is 1. The van der Waals surface area contributed by atoms with Crippen LogP contribution in [0.1, 0.15) is 70.5 Å². The van der Waals surface area contributed by atoms with Gasteiger partial charge >= 0.3 is 0 Å². The maximum Gasteiger partial charge on any atom is 0.270 e. The Morgan fingerprint density at radius 1 is 1.19 bits per heavy atom. The monoisotopic (exact) mass is 513 g/mol. The molecule has 3 amide bonds. The molecule has 0 fully saturated rings. The quantitative estimate of drug-likeness (QED) is 0.375. The Morgan fingerprint density at radius 2 is 1.86 bits per heavy atom. The highest BCUT2D eigenvalue weighted by Gasteiger charge is 2.38. The molecule has 5 N–H and O–H groups in total. The van der Waals surface area contributed by atoms with Gasteiger partial charge in [-0.3, -0.25) is 14.4 Å². The standard InChI is InChI=1S/C25H31N5O5S/c1-6-25(3,4)28-23(32)20(17-12-7-14(2)35-17)30(13-15-8-10-16(34-5)11-9-15)24(33)21-18(26)19(22(27)31)29-36-21/h7-12,20H,6,13,26H2,1-5H3,(H2,27,31)(H,28,32)/t20-/m0/s1. The SMILES string of the molecule is CCC(C)(C)NC(=O)[C@H](c1ccc(C)o1)N(Cc1ccc(OC)cc1)C(=O)c1snc(C(N)=O)c1N. The minimum absolute atomic E-state index is 0.00754. The minimum atomic E-state index is -1.13. The van der Waals surface area contributed by atoms with Crippen LogP contribution in [-0.2, 0) is 11.3 Å². The largest absolute Gasteiger partial charge is 0.497 e. The Morgan fingerprint density at radius 3 is 2.36 bits per heavy atom. The van der Waals surface area contributed by atoms with Gasteiger partial charge < -0.3 is 30.8 Å². The van der Waals surface area contributed by atoms with Gasteiger partial charge in [0.15, 0.2) is 11.7 Å². The topological polar surface area (TPSA) is 154 Å². The number of primary amides is 1. The first-order valence-electron chi connectivity index (χ1n) is 11.3. The first-order chi connectivity index (χ1) is 17.0. The molecule has 0 aliphatic rings. The van der Waals surface area contributed by atoms with Gasteiger partial charge in [0, 0.05) is 12.1 Å². The zero-order valence-corrected chi connectivity index (χ0v) is 21.8. The normalized spacial score (nSPS) is 12.1. The lowest BCUT2D eigenvalue weighted by molar-refractivity contribution is -0.128. The van der Waals surface area contributed by atoms with Crippen molar-refractivity contribution in [2.75, 3.05) is 12.8 Å². The average Bonchev–Trinajstić information content (AvgIpc) is 3.43. The van der Waals surface area contributed by atoms with Crippen LogP contribution in [-0.4, -0.2) is 39.6 Å². The zero-order chi connectivity index (χ0) is 26.6. The van der Waals surface area contributed by atoms with Crippen LogP contribution in [0.2, 0.25) is 0 Å². The van der Waals surface area contributed by atoms with Crippen molar-refractivity contribution in [2.24, 2.45) is 5.73 Å². The van der Waals surface area contributed by atoms with E-state index in [1.165, 1.54) is 4.90 Å². The van der Waals surface area contributed by atoms with E-state index in [1.807, 2.05) is 20.8 Å². The number of nitrogens with two attached hydrogens (primary N) is 2. The number of amides is 3. The van der Waals surface area contributed by atoms with E-state index in [0.29, 0.717) is 17.9 Å². The molecule has 2 heterocycles. The lowest BCUT2D eigenvalue weighted by Gasteiger charge is -2.33. The van der Waals surface area contributed by atoms with Crippen molar-refractivity contribution in [3.8, 4) is 5.75 Å². The summed E-state index contributed by atoms with van der Waals surface area (Å²) in [5.41, 5.74) is 11.3. The lowest BCUT2D eigenvalue weighted by atomic mass is 10.0. The van der Waals surface area contributed by atoms with Gasteiger partial charge in [-0.05, 0) is 68.6 Å². The fourth-order valence-corrected chi connectivity index (χ4v) is 4.24. The third-order valence-electron chi connectivity index (χ3n) is 5.86. The van der Waals surface area contributed by atoms with Crippen molar-refractivity contribution in [3.63, 3.8) is 0 Å². The Kier molecular flexibility index (Phi) is 8.03. The summed E-state index contributed by atoms with van der Waals surface area (Å²) in [6.07, 6.45) is 0.666.